The number of hydrogen-bond acceptors (Lipinski definition) is 1. The van der Waals surface area contributed by atoms with Crippen molar-refractivity contribution < 1.29 is 8.98 Å². The van der Waals surface area contributed by atoms with Crippen molar-refractivity contribution >= 4 is 61.3 Å². The molecule has 3 nitrogen and oxygen atoms in total. The van der Waals surface area contributed by atoms with Crippen LogP contribution in [0.25, 0.3) is 72.5 Å². The standard InChI is InChI=1S/C41H31N2O/c1-5-25-28-22-35-36(27-13-7-9-16-34(27)44-35)37-29-20-23(2)17-18-32(29)43(39(28)37)33(25)21-24(3)38-40-41(38,4)30-14-8-6-12-26(30)31-15-10-11-19-42(31)40/h5-22,38,40H,1H2,2-4H3/q+1. The molecule has 0 spiro atoms. The van der Waals surface area contributed by atoms with Crippen LogP contribution in [0.2, 0.25) is 0 Å². The smallest absolute Gasteiger partial charge is 0.213 e. The fraction of sp³-hybridized carbons (Fsp3) is 0.146. The second-order valence-corrected chi connectivity index (χ2v) is 13.1. The highest BCUT2D eigenvalue weighted by atomic mass is 16.3. The van der Waals surface area contributed by atoms with E-state index in [1.165, 1.54) is 71.6 Å². The van der Waals surface area contributed by atoms with Crippen LogP contribution in [-0.4, -0.2) is 4.40 Å². The fourth-order valence-electron chi connectivity index (χ4n) is 9.00. The van der Waals surface area contributed by atoms with Gasteiger partial charge in [0.05, 0.1) is 33.6 Å². The van der Waals surface area contributed by atoms with Crippen molar-refractivity contribution in [3.63, 3.8) is 0 Å². The Bertz CT molecular complexity index is 2580. The number of nitrogens with zero attached hydrogens (tertiary/aromatic N) is 2. The number of aryl methyl sites for hydroxylation is 1. The van der Waals surface area contributed by atoms with Gasteiger partial charge in [-0.3, -0.25) is 0 Å². The van der Waals surface area contributed by atoms with Gasteiger partial charge in [0.2, 0.25) is 5.69 Å². The quantitative estimate of drug-likeness (QED) is 0.195. The molecule has 0 bridgehead atoms. The van der Waals surface area contributed by atoms with E-state index >= 15 is 0 Å². The lowest BCUT2D eigenvalue weighted by Crippen LogP contribution is -2.40. The molecule has 44 heavy (non-hydrogen) atoms. The molecule has 210 valence electrons. The van der Waals surface area contributed by atoms with E-state index in [1.54, 1.807) is 0 Å². The van der Waals surface area contributed by atoms with E-state index in [9.17, 15) is 0 Å². The van der Waals surface area contributed by atoms with Crippen molar-refractivity contribution in [2.75, 3.05) is 0 Å². The fourth-order valence-corrected chi connectivity index (χ4v) is 9.00. The molecule has 3 unspecified atom stereocenters. The van der Waals surface area contributed by atoms with Crippen LogP contribution >= 0.6 is 0 Å². The van der Waals surface area contributed by atoms with Gasteiger partial charge >= 0.3 is 0 Å². The van der Waals surface area contributed by atoms with E-state index in [0.29, 0.717) is 12.0 Å². The summed E-state index contributed by atoms with van der Waals surface area (Å²) in [5.74, 6) is 0.388. The molecule has 3 atom stereocenters. The summed E-state index contributed by atoms with van der Waals surface area (Å²) in [6.07, 6.45) is 6.76. The predicted octanol–water partition coefficient (Wildman–Crippen LogP) is 10.0. The lowest BCUT2D eigenvalue weighted by atomic mass is 9.86. The average Bonchev–Trinajstić information content (AvgIpc) is 3.25. The van der Waals surface area contributed by atoms with Crippen molar-refractivity contribution in [2.24, 2.45) is 5.92 Å². The zero-order chi connectivity index (χ0) is 29.5. The molecule has 0 radical (unpaired) electrons. The Kier molecular flexibility index (Phi) is 4.45. The summed E-state index contributed by atoms with van der Waals surface area (Å²) >= 11 is 0. The molecule has 2 aliphatic rings. The maximum Gasteiger partial charge on any atom is 0.213 e. The van der Waals surface area contributed by atoms with E-state index < -0.39 is 0 Å². The Morgan fingerprint density at radius 3 is 2.59 bits per heavy atom. The third-order valence-electron chi connectivity index (χ3n) is 10.8. The SMILES string of the molecule is C=Cc1c(C=C(C)C2C3[n+]4ccccc4-c4ccccc4C23C)n2c3ccc(C)cc3c3c4c(cc1c32)oc1ccccc14. The molecule has 4 aromatic heterocycles. The Labute approximate surface area is 255 Å². The molecular weight excluding hydrogens is 536 g/mol. The number of furan rings is 1. The largest absolute Gasteiger partial charge is 0.456 e. The van der Waals surface area contributed by atoms with Gasteiger partial charge < -0.3 is 8.82 Å². The van der Waals surface area contributed by atoms with Crippen molar-refractivity contribution in [3.05, 3.63) is 132 Å². The number of allylic oxidation sites excluding steroid dienone is 1. The number of rotatable bonds is 3. The highest BCUT2D eigenvalue weighted by Crippen LogP contribution is 2.67. The van der Waals surface area contributed by atoms with E-state index in [1.807, 2.05) is 12.1 Å². The van der Waals surface area contributed by atoms with Gasteiger partial charge in [-0.1, -0.05) is 66.3 Å². The van der Waals surface area contributed by atoms with Crippen LogP contribution in [-0.2, 0) is 5.41 Å². The summed E-state index contributed by atoms with van der Waals surface area (Å²) in [5, 5.41) is 6.10. The molecule has 0 amide bonds. The van der Waals surface area contributed by atoms with Crippen LogP contribution in [0.1, 0.15) is 42.3 Å². The molecule has 1 fully saturated rings. The van der Waals surface area contributed by atoms with Crippen LogP contribution in [0.3, 0.4) is 0 Å². The molecule has 4 aromatic carbocycles. The van der Waals surface area contributed by atoms with E-state index in [2.05, 4.69) is 134 Å². The monoisotopic (exact) mass is 567 g/mol. The molecule has 1 saturated carbocycles. The minimum Gasteiger partial charge on any atom is -0.456 e. The molecule has 1 aliphatic carbocycles. The summed E-state index contributed by atoms with van der Waals surface area (Å²) in [6, 6.07) is 33.5. The Morgan fingerprint density at radius 2 is 1.70 bits per heavy atom. The van der Waals surface area contributed by atoms with Gasteiger partial charge in [0.25, 0.3) is 0 Å². The van der Waals surface area contributed by atoms with E-state index in [0.717, 1.165) is 16.7 Å². The zero-order valence-electron chi connectivity index (χ0n) is 25.1. The van der Waals surface area contributed by atoms with Gasteiger partial charge in [0, 0.05) is 44.6 Å². The Hall–Kier alpha value is -5.15. The summed E-state index contributed by atoms with van der Waals surface area (Å²) in [4.78, 5) is 0. The molecule has 0 saturated heterocycles. The van der Waals surface area contributed by atoms with Crippen molar-refractivity contribution in [2.45, 2.75) is 32.2 Å². The van der Waals surface area contributed by atoms with Crippen molar-refractivity contribution in [1.29, 1.82) is 0 Å². The topological polar surface area (TPSA) is 21.4 Å². The number of fused-ring (bicyclic) bond motifs is 13. The van der Waals surface area contributed by atoms with Gasteiger partial charge in [-0.2, -0.15) is 4.57 Å². The average molecular weight is 568 g/mol. The van der Waals surface area contributed by atoms with E-state index in [4.69, 9.17) is 4.42 Å². The molecule has 0 N–H and O–H groups in total. The van der Waals surface area contributed by atoms with Crippen LogP contribution in [0, 0.1) is 12.8 Å². The summed E-state index contributed by atoms with van der Waals surface area (Å²) in [7, 11) is 0. The van der Waals surface area contributed by atoms with Gasteiger partial charge in [-0.15, -0.1) is 0 Å². The first kappa shape index (κ1) is 24.3. The molecule has 10 rings (SSSR count). The number of hydrogen-bond donors (Lipinski definition) is 0. The zero-order valence-corrected chi connectivity index (χ0v) is 25.1. The van der Waals surface area contributed by atoms with Crippen molar-refractivity contribution in [3.8, 4) is 11.3 Å². The molecule has 3 heteroatoms. The first-order valence-corrected chi connectivity index (χ1v) is 15.6. The van der Waals surface area contributed by atoms with Crippen molar-refractivity contribution in [1.82, 2.24) is 4.40 Å². The number of aromatic nitrogens is 2. The second-order valence-electron chi connectivity index (χ2n) is 13.1. The molecule has 8 aromatic rings. The normalized spacial score (nSPS) is 20.9. The summed E-state index contributed by atoms with van der Waals surface area (Å²) in [5.41, 5.74) is 13.5. The second kappa shape index (κ2) is 8.06. The van der Waals surface area contributed by atoms with Crippen LogP contribution in [0.15, 0.2) is 114 Å². The molecular formula is C41H31N2O+. The predicted molar refractivity (Wildman–Crippen MR) is 181 cm³/mol. The number of para-hydroxylation sites is 1. The van der Waals surface area contributed by atoms with Gasteiger partial charge in [0.1, 0.15) is 11.2 Å². The molecule has 5 heterocycles. The molecule has 1 aliphatic heterocycles. The van der Waals surface area contributed by atoms with Gasteiger partial charge in [0.15, 0.2) is 12.2 Å². The van der Waals surface area contributed by atoms with E-state index in [-0.39, 0.29) is 5.41 Å². The lowest BCUT2D eigenvalue weighted by Gasteiger charge is -2.19. The van der Waals surface area contributed by atoms with Gasteiger partial charge in [-0.25, -0.2) is 0 Å². The lowest BCUT2D eigenvalue weighted by molar-refractivity contribution is -0.697. The highest BCUT2D eigenvalue weighted by molar-refractivity contribution is 6.32. The Morgan fingerprint density at radius 1 is 0.886 bits per heavy atom. The Balaban J connectivity index is 1.27. The summed E-state index contributed by atoms with van der Waals surface area (Å²) in [6.45, 7) is 11.3. The van der Waals surface area contributed by atoms with Gasteiger partial charge in [-0.05, 0) is 68.8 Å². The third kappa shape index (κ3) is 2.77. The summed E-state index contributed by atoms with van der Waals surface area (Å²) < 4.78 is 11.5. The number of pyridine rings is 1. The first-order valence-electron chi connectivity index (χ1n) is 15.6. The number of benzene rings is 4. The first-order chi connectivity index (χ1) is 21.5. The minimum atomic E-state index is 0.0421. The minimum absolute atomic E-state index is 0.0421. The van der Waals surface area contributed by atoms with Crippen LogP contribution in [0.4, 0.5) is 0 Å². The maximum absolute atomic E-state index is 6.49. The highest BCUT2D eigenvalue weighted by Gasteiger charge is 2.72. The third-order valence-corrected chi connectivity index (χ3v) is 10.8. The van der Waals surface area contributed by atoms with Crippen LogP contribution in [0.5, 0.6) is 0 Å². The maximum atomic E-state index is 6.49. The van der Waals surface area contributed by atoms with Crippen LogP contribution < -0.4 is 4.57 Å².